The number of nitrogen functional groups attached to an aromatic ring is 1. The highest BCUT2D eigenvalue weighted by molar-refractivity contribution is 5.99. The van der Waals surface area contributed by atoms with Gasteiger partial charge in [-0.3, -0.25) is 10.6 Å². The van der Waals surface area contributed by atoms with E-state index in [4.69, 9.17) is 5.84 Å². The van der Waals surface area contributed by atoms with Gasteiger partial charge in [0.25, 0.3) is 5.91 Å². The molecule has 2 rings (SSSR count). The minimum Gasteiger partial charge on any atom is -0.346 e. The van der Waals surface area contributed by atoms with E-state index in [1.165, 1.54) is 0 Å². The molecule has 4 N–H and O–H groups in total. The Morgan fingerprint density at radius 2 is 2.21 bits per heavy atom. The first-order valence-corrected chi connectivity index (χ1v) is 5.83. The molecule has 98 valence electrons. The number of aryl methyl sites for hydroxylation is 1. The largest absolute Gasteiger partial charge is 0.346 e. The number of benzene rings is 1. The summed E-state index contributed by atoms with van der Waals surface area (Å²) in [4.78, 5) is 12.1. The molecule has 0 aliphatic rings. The molecule has 1 aromatic heterocycles. The Morgan fingerprint density at radius 3 is 2.89 bits per heavy atom. The number of hydrazine groups is 1. The van der Waals surface area contributed by atoms with Crippen LogP contribution in [0, 0.1) is 6.92 Å². The number of hydrogen-bond donors (Lipinski definition) is 3. The molecular formula is C13H15N5O. The fraction of sp³-hybridized carbons (Fsp3) is 0.154. The molecule has 6 heteroatoms. The molecule has 0 saturated heterocycles. The van der Waals surface area contributed by atoms with Crippen LogP contribution in [-0.4, -0.2) is 16.1 Å². The summed E-state index contributed by atoms with van der Waals surface area (Å²) in [6.45, 7) is 2.26. The van der Waals surface area contributed by atoms with Gasteiger partial charge in [0.15, 0.2) is 0 Å². The van der Waals surface area contributed by atoms with E-state index in [1.54, 1.807) is 24.4 Å². The third-order valence-corrected chi connectivity index (χ3v) is 2.63. The highest BCUT2D eigenvalue weighted by atomic mass is 16.1. The molecule has 0 unspecified atom stereocenters. The summed E-state index contributed by atoms with van der Waals surface area (Å²) < 4.78 is 0. The Bertz CT molecular complexity index is 571. The predicted octanol–water partition coefficient (Wildman–Crippen LogP) is 1.00. The lowest BCUT2D eigenvalue weighted by molar-refractivity contribution is 0.0951. The van der Waals surface area contributed by atoms with Crippen molar-refractivity contribution >= 4 is 11.6 Å². The van der Waals surface area contributed by atoms with Crippen LogP contribution in [0.5, 0.6) is 0 Å². The Kier molecular flexibility index (Phi) is 4.04. The van der Waals surface area contributed by atoms with Crippen LogP contribution < -0.4 is 16.6 Å². The van der Waals surface area contributed by atoms with E-state index in [0.29, 0.717) is 23.5 Å². The molecule has 0 fully saturated rings. The maximum absolute atomic E-state index is 12.1. The molecule has 19 heavy (non-hydrogen) atoms. The average molecular weight is 257 g/mol. The Morgan fingerprint density at radius 1 is 1.37 bits per heavy atom. The fourth-order valence-corrected chi connectivity index (χ4v) is 1.67. The molecule has 2 aromatic rings. The van der Waals surface area contributed by atoms with E-state index in [1.807, 2.05) is 19.1 Å². The lowest BCUT2D eigenvalue weighted by Crippen LogP contribution is -2.25. The summed E-state index contributed by atoms with van der Waals surface area (Å²) in [7, 11) is 0. The predicted molar refractivity (Wildman–Crippen MR) is 72.2 cm³/mol. The number of nitrogens with two attached hydrogens (primary N) is 1. The summed E-state index contributed by atoms with van der Waals surface area (Å²) >= 11 is 0. The SMILES string of the molecule is Cc1ccc(C(=O)NCc2cccnn2)c(NN)c1. The zero-order chi connectivity index (χ0) is 13.7. The lowest BCUT2D eigenvalue weighted by atomic mass is 10.1. The molecule has 0 bridgehead atoms. The first kappa shape index (κ1) is 13.0. The molecule has 1 heterocycles. The average Bonchev–Trinajstić information content (AvgIpc) is 2.45. The van der Waals surface area contributed by atoms with E-state index in [-0.39, 0.29) is 5.91 Å². The molecule has 0 atom stereocenters. The molecule has 1 amide bonds. The van der Waals surface area contributed by atoms with Gasteiger partial charge >= 0.3 is 0 Å². The number of hydrogen-bond acceptors (Lipinski definition) is 5. The van der Waals surface area contributed by atoms with Gasteiger partial charge in [-0.25, -0.2) is 0 Å². The standard InChI is InChI=1S/C13H15N5O/c1-9-4-5-11(12(7-9)17-14)13(19)15-8-10-3-2-6-16-18-10/h2-7,17H,8,14H2,1H3,(H,15,19). The third kappa shape index (κ3) is 3.26. The van der Waals surface area contributed by atoms with Crippen LogP contribution in [-0.2, 0) is 6.54 Å². The van der Waals surface area contributed by atoms with Crippen molar-refractivity contribution in [1.29, 1.82) is 0 Å². The lowest BCUT2D eigenvalue weighted by Gasteiger charge is -2.10. The second kappa shape index (κ2) is 5.92. The van der Waals surface area contributed by atoms with Crippen molar-refractivity contribution in [3.05, 3.63) is 53.3 Å². The van der Waals surface area contributed by atoms with E-state index >= 15 is 0 Å². The van der Waals surface area contributed by atoms with Crippen molar-refractivity contribution in [3.8, 4) is 0 Å². The van der Waals surface area contributed by atoms with Gasteiger partial charge in [-0.2, -0.15) is 10.2 Å². The van der Waals surface area contributed by atoms with E-state index in [0.717, 1.165) is 5.56 Å². The number of amides is 1. The van der Waals surface area contributed by atoms with Gasteiger partial charge in [-0.1, -0.05) is 6.07 Å². The summed E-state index contributed by atoms with van der Waals surface area (Å²) in [5, 5.41) is 10.4. The van der Waals surface area contributed by atoms with Crippen molar-refractivity contribution in [2.45, 2.75) is 13.5 Å². The maximum atomic E-state index is 12.1. The van der Waals surface area contributed by atoms with Crippen LogP contribution >= 0.6 is 0 Å². The Balaban J connectivity index is 2.08. The number of nitrogens with zero attached hydrogens (tertiary/aromatic N) is 2. The minimum atomic E-state index is -0.210. The van der Waals surface area contributed by atoms with Crippen LogP contribution in [0.15, 0.2) is 36.5 Å². The highest BCUT2D eigenvalue weighted by Crippen LogP contribution is 2.16. The normalized spacial score (nSPS) is 10.0. The second-order valence-corrected chi connectivity index (χ2v) is 4.09. The quantitative estimate of drug-likeness (QED) is 0.561. The summed E-state index contributed by atoms with van der Waals surface area (Å²) in [6, 6.07) is 8.98. The summed E-state index contributed by atoms with van der Waals surface area (Å²) in [5.41, 5.74) is 5.34. The molecule has 0 saturated carbocycles. The molecule has 6 nitrogen and oxygen atoms in total. The second-order valence-electron chi connectivity index (χ2n) is 4.09. The number of aromatic nitrogens is 2. The number of carbonyl (C=O) groups excluding carboxylic acids is 1. The van der Waals surface area contributed by atoms with Gasteiger partial charge in [-0.15, -0.1) is 0 Å². The van der Waals surface area contributed by atoms with E-state index in [9.17, 15) is 4.79 Å². The van der Waals surface area contributed by atoms with Crippen molar-refractivity contribution in [3.63, 3.8) is 0 Å². The smallest absolute Gasteiger partial charge is 0.253 e. The zero-order valence-electron chi connectivity index (χ0n) is 10.6. The number of carbonyl (C=O) groups is 1. The molecule has 0 spiro atoms. The molecule has 0 radical (unpaired) electrons. The van der Waals surface area contributed by atoms with Crippen LogP contribution in [0.4, 0.5) is 5.69 Å². The van der Waals surface area contributed by atoms with Gasteiger partial charge in [0, 0.05) is 6.20 Å². The first-order chi connectivity index (χ1) is 9.20. The number of anilines is 1. The Labute approximate surface area is 111 Å². The van der Waals surface area contributed by atoms with E-state index < -0.39 is 0 Å². The molecular weight excluding hydrogens is 242 g/mol. The molecule has 1 aromatic carbocycles. The van der Waals surface area contributed by atoms with Gasteiger partial charge < -0.3 is 10.7 Å². The highest BCUT2D eigenvalue weighted by Gasteiger charge is 2.10. The topological polar surface area (TPSA) is 92.9 Å². The van der Waals surface area contributed by atoms with Gasteiger partial charge in [0.2, 0.25) is 0 Å². The van der Waals surface area contributed by atoms with E-state index in [2.05, 4.69) is 20.9 Å². The Hall–Kier alpha value is -2.47. The minimum absolute atomic E-state index is 0.210. The molecule has 0 aliphatic carbocycles. The van der Waals surface area contributed by atoms with Gasteiger partial charge in [-0.05, 0) is 36.8 Å². The van der Waals surface area contributed by atoms with Gasteiger partial charge in [0.1, 0.15) is 0 Å². The fourth-order valence-electron chi connectivity index (χ4n) is 1.67. The van der Waals surface area contributed by atoms with Crippen molar-refractivity contribution in [2.24, 2.45) is 5.84 Å². The van der Waals surface area contributed by atoms with Crippen LogP contribution in [0.25, 0.3) is 0 Å². The summed E-state index contributed by atoms with van der Waals surface area (Å²) in [6.07, 6.45) is 1.59. The summed E-state index contributed by atoms with van der Waals surface area (Å²) in [5.74, 6) is 5.20. The van der Waals surface area contributed by atoms with Crippen molar-refractivity contribution < 1.29 is 4.79 Å². The zero-order valence-corrected chi connectivity index (χ0v) is 10.6. The van der Waals surface area contributed by atoms with Crippen molar-refractivity contribution in [1.82, 2.24) is 15.5 Å². The van der Waals surface area contributed by atoms with Crippen LogP contribution in [0.3, 0.4) is 0 Å². The maximum Gasteiger partial charge on any atom is 0.253 e. The molecule has 0 aliphatic heterocycles. The van der Waals surface area contributed by atoms with Crippen LogP contribution in [0.1, 0.15) is 21.6 Å². The van der Waals surface area contributed by atoms with Crippen LogP contribution in [0.2, 0.25) is 0 Å². The first-order valence-electron chi connectivity index (χ1n) is 5.83. The number of rotatable bonds is 4. The van der Waals surface area contributed by atoms with Crippen molar-refractivity contribution in [2.75, 3.05) is 5.43 Å². The monoisotopic (exact) mass is 257 g/mol. The third-order valence-electron chi connectivity index (χ3n) is 2.63. The number of nitrogens with one attached hydrogen (secondary N) is 2. The van der Waals surface area contributed by atoms with Gasteiger partial charge in [0.05, 0.1) is 23.5 Å².